The highest BCUT2D eigenvalue weighted by Crippen LogP contribution is 2.31. The molecule has 2 heterocycles. The smallest absolute Gasteiger partial charge is 0.335 e. The highest BCUT2D eigenvalue weighted by atomic mass is 32.2. The van der Waals surface area contributed by atoms with Crippen LogP contribution in [0.5, 0.6) is 0 Å². The van der Waals surface area contributed by atoms with E-state index in [9.17, 15) is 31.2 Å². The van der Waals surface area contributed by atoms with Gasteiger partial charge in [-0.3, -0.25) is 9.59 Å². The molecule has 174 valence electrons. The monoisotopic (exact) mass is 480 g/mol. The third-order valence-corrected chi connectivity index (χ3v) is 7.38. The second kappa shape index (κ2) is 8.27. The molecule has 3 aromatic rings. The highest BCUT2D eigenvalue weighted by Gasteiger charge is 2.35. The minimum absolute atomic E-state index is 0.0237. The lowest BCUT2D eigenvalue weighted by Gasteiger charge is -2.34. The summed E-state index contributed by atoms with van der Waals surface area (Å²) in [5.74, 6) is -0.460. The predicted octanol–water partition coefficient (Wildman–Crippen LogP) is 2.10. The van der Waals surface area contributed by atoms with Crippen LogP contribution in [0.1, 0.15) is 16.1 Å². The van der Waals surface area contributed by atoms with Crippen LogP contribution >= 0.6 is 0 Å². The number of nitrogens with zero attached hydrogens (tertiary/aromatic N) is 4. The van der Waals surface area contributed by atoms with Gasteiger partial charge in [-0.25, -0.2) is 13.1 Å². The maximum absolute atomic E-state index is 13.1. The van der Waals surface area contributed by atoms with Gasteiger partial charge in [-0.1, -0.05) is 24.3 Å². The molecule has 33 heavy (non-hydrogen) atoms. The van der Waals surface area contributed by atoms with E-state index in [0.29, 0.717) is 16.8 Å². The van der Waals surface area contributed by atoms with E-state index in [1.165, 1.54) is 11.9 Å². The second-order valence-electron chi connectivity index (χ2n) is 7.54. The Morgan fingerprint density at radius 1 is 0.970 bits per heavy atom. The zero-order chi connectivity index (χ0) is 24.0. The number of carbonyl (C=O) groups is 1. The zero-order valence-corrected chi connectivity index (χ0v) is 18.2. The van der Waals surface area contributed by atoms with Crippen molar-refractivity contribution >= 4 is 26.7 Å². The number of alkyl halides is 3. The van der Waals surface area contributed by atoms with Crippen molar-refractivity contribution in [3.05, 3.63) is 70.1 Å². The fraction of sp³-hybridized carbons (Fsp3) is 0.286. The number of sulfonamides is 1. The first-order chi connectivity index (χ1) is 15.5. The highest BCUT2D eigenvalue weighted by molar-refractivity contribution is 7.89. The summed E-state index contributed by atoms with van der Waals surface area (Å²) in [6, 6.07) is 10.1. The molecule has 0 aliphatic carbocycles. The molecule has 1 fully saturated rings. The minimum atomic E-state index is -4.66. The van der Waals surface area contributed by atoms with Gasteiger partial charge in [0.2, 0.25) is 10.0 Å². The number of rotatable bonds is 3. The van der Waals surface area contributed by atoms with E-state index in [0.717, 1.165) is 27.2 Å². The Morgan fingerprint density at radius 2 is 1.61 bits per heavy atom. The maximum atomic E-state index is 13.1. The quantitative estimate of drug-likeness (QED) is 0.573. The summed E-state index contributed by atoms with van der Waals surface area (Å²) in [5.41, 5.74) is -1.33. The Hall–Kier alpha value is -3.25. The largest absolute Gasteiger partial charge is 0.416 e. The summed E-state index contributed by atoms with van der Waals surface area (Å²) in [6.45, 7) is -0.131. The average Bonchev–Trinajstić information content (AvgIpc) is 2.80. The standard InChI is InChI=1S/C21H19F3N4O4S/c1-26-19(29)17-8-3-2-7-16(17)18(25-26)20(30)27-9-11-28(12-10-27)33(31,32)15-6-4-5-14(13-15)21(22,23)24/h2-8,13H,9-12H2,1H3. The van der Waals surface area contributed by atoms with Crippen LogP contribution in [0, 0.1) is 0 Å². The van der Waals surface area contributed by atoms with Crippen molar-refractivity contribution in [3.63, 3.8) is 0 Å². The van der Waals surface area contributed by atoms with Crippen molar-refractivity contribution in [1.29, 1.82) is 0 Å². The molecule has 0 radical (unpaired) electrons. The Morgan fingerprint density at radius 3 is 2.24 bits per heavy atom. The number of hydrogen-bond donors (Lipinski definition) is 0. The molecule has 1 aliphatic heterocycles. The number of aryl methyl sites for hydroxylation is 1. The van der Waals surface area contributed by atoms with Gasteiger partial charge in [-0.05, 0) is 24.3 Å². The second-order valence-corrected chi connectivity index (χ2v) is 9.48. The molecule has 0 bridgehead atoms. The van der Waals surface area contributed by atoms with E-state index in [2.05, 4.69) is 5.10 Å². The van der Waals surface area contributed by atoms with E-state index in [-0.39, 0.29) is 37.4 Å². The van der Waals surface area contributed by atoms with E-state index in [4.69, 9.17) is 0 Å². The Balaban J connectivity index is 1.55. The summed E-state index contributed by atoms with van der Waals surface area (Å²) >= 11 is 0. The van der Waals surface area contributed by atoms with Crippen molar-refractivity contribution in [3.8, 4) is 0 Å². The van der Waals surface area contributed by atoms with Crippen LogP contribution in [0.2, 0.25) is 0 Å². The first-order valence-corrected chi connectivity index (χ1v) is 11.4. The van der Waals surface area contributed by atoms with Crippen molar-refractivity contribution in [2.45, 2.75) is 11.1 Å². The lowest BCUT2D eigenvalue weighted by Crippen LogP contribution is -2.50. The third kappa shape index (κ3) is 4.23. The molecule has 0 unspecified atom stereocenters. The fourth-order valence-electron chi connectivity index (χ4n) is 3.72. The summed E-state index contributed by atoms with van der Waals surface area (Å²) in [7, 11) is -2.74. The molecule has 8 nitrogen and oxygen atoms in total. The predicted molar refractivity (Wildman–Crippen MR) is 113 cm³/mol. The Kier molecular flexibility index (Phi) is 5.74. The van der Waals surface area contributed by atoms with Gasteiger partial charge in [0.1, 0.15) is 0 Å². The van der Waals surface area contributed by atoms with Crippen LogP contribution in [-0.2, 0) is 23.2 Å². The number of hydrogen-bond acceptors (Lipinski definition) is 5. The van der Waals surface area contributed by atoms with Crippen molar-refractivity contribution in [2.75, 3.05) is 26.2 Å². The molecule has 1 aliphatic rings. The maximum Gasteiger partial charge on any atom is 0.416 e. The molecule has 1 amide bonds. The van der Waals surface area contributed by atoms with Crippen molar-refractivity contribution in [2.24, 2.45) is 7.05 Å². The van der Waals surface area contributed by atoms with Crippen LogP contribution in [0.25, 0.3) is 10.8 Å². The van der Waals surface area contributed by atoms with E-state index in [1.807, 2.05) is 0 Å². The van der Waals surface area contributed by atoms with Gasteiger partial charge in [0.25, 0.3) is 11.5 Å². The summed E-state index contributed by atoms with van der Waals surface area (Å²) in [6.07, 6.45) is -4.66. The molecule has 1 aromatic heterocycles. The molecule has 4 rings (SSSR count). The molecule has 2 aromatic carbocycles. The lowest BCUT2D eigenvalue weighted by molar-refractivity contribution is -0.137. The van der Waals surface area contributed by atoms with Gasteiger partial charge in [0.05, 0.1) is 15.8 Å². The van der Waals surface area contributed by atoms with Crippen molar-refractivity contribution < 1.29 is 26.4 Å². The minimum Gasteiger partial charge on any atom is -0.335 e. The van der Waals surface area contributed by atoms with Gasteiger partial charge in [-0.2, -0.15) is 22.6 Å². The molecule has 0 N–H and O–H groups in total. The van der Waals surface area contributed by atoms with Crippen LogP contribution in [0.4, 0.5) is 13.2 Å². The third-order valence-electron chi connectivity index (χ3n) is 5.48. The number of piperazine rings is 1. The van der Waals surface area contributed by atoms with Gasteiger partial charge in [-0.15, -0.1) is 0 Å². The van der Waals surface area contributed by atoms with E-state index >= 15 is 0 Å². The van der Waals surface area contributed by atoms with Crippen LogP contribution in [0.3, 0.4) is 0 Å². The first kappa shape index (κ1) is 22.9. The molecular weight excluding hydrogens is 461 g/mol. The normalized spacial score (nSPS) is 15.7. The van der Waals surface area contributed by atoms with Gasteiger partial charge in [0.15, 0.2) is 5.69 Å². The van der Waals surface area contributed by atoms with Gasteiger partial charge >= 0.3 is 6.18 Å². The SMILES string of the molecule is Cn1nc(C(=O)N2CCN(S(=O)(=O)c3cccc(C(F)(F)F)c3)CC2)c2ccccc2c1=O. The summed E-state index contributed by atoms with van der Waals surface area (Å²) in [5, 5.41) is 4.83. The topological polar surface area (TPSA) is 92.6 Å². The number of aromatic nitrogens is 2. The molecule has 12 heteroatoms. The summed E-state index contributed by atoms with van der Waals surface area (Å²) in [4.78, 5) is 26.4. The summed E-state index contributed by atoms with van der Waals surface area (Å²) < 4.78 is 66.8. The Labute approximate surface area is 186 Å². The molecule has 0 saturated carbocycles. The van der Waals surface area contributed by atoms with Gasteiger partial charge < -0.3 is 4.90 Å². The van der Waals surface area contributed by atoms with Crippen LogP contribution in [0.15, 0.2) is 58.2 Å². The number of carbonyl (C=O) groups excluding carboxylic acids is 1. The number of fused-ring (bicyclic) bond motifs is 1. The fourth-order valence-corrected chi connectivity index (χ4v) is 5.19. The molecule has 1 saturated heterocycles. The van der Waals surface area contributed by atoms with Crippen molar-refractivity contribution in [1.82, 2.24) is 19.0 Å². The lowest BCUT2D eigenvalue weighted by atomic mass is 10.1. The number of amides is 1. The van der Waals surface area contributed by atoms with Gasteiger partial charge in [0, 0.05) is 38.6 Å². The van der Waals surface area contributed by atoms with Crippen LogP contribution < -0.4 is 5.56 Å². The molecular formula is C21H19F3N4O4S. The number of benzene rings is 2. The number of halogens is 3. The van der Waals surface area contributed by atoms with E-state index < -0.39 is 32.6 Å². The zero-order valence-electron chi connectivity index (χ0n) is 17.4. The molecule has 0 atom stereocenters. The Bertz CT molecular complexity index is 1390. The van der Waals surface area contributed by atoms with E-state index in [1.54, 1.807) is 24.3 Å². The average molecular weight is 480 g/mol. The van der Waals surface area contributed by atoms with Crippen LogP contribution in [-0.4, -0.2) is 59.5 Å². The molecule has 0 spiro atoms. The first-order valence-electron chi connectivity index (χ1n) is 9.93.